The minimum Gasteiger partial charge on any atom is -0.441 e. The van der Waals surface area contributed by atoms with Gasteiger partial charge in [0.25, 0.3) is 0 Å². The summed E-state index contributed by atoms with van der Waals surface area (Å²) in [6.45, 7) is 1.45. The van der Waals surface area contributed by atoms with Gasteiger partial charge in [-0.25, -0.2) is 4.79 Å². The fourth-order valence-corrected chi connectivity index (χ4v) is 2.22. The number of carbonyl (C=O) groups excluding carboxylic acids is 1. The summed E-state index contributed by atoms with van der Waals surface area (Å²) in [5.41, 5.74) is 5.40. The molecule has 2 aliphatic rings. The Bertz CT molecular complexity index is 210. The van der Waals surface area contributed by atoms with Crippen LogP contribution in [0, 0.1) is 5.92 Å². The average molecular weight is 184 g/mol. The maximum Gasteiger partial charge on any atom is 0.407 e. The lowest BCUT2D eigenvalue weighted by molar-refractivity contribution is 0.0144. The first kappa shape index (κ1) is 8.81. The fourth-order valence-electron chi connectivity index (χ4n) is 2.22. The second-order valence-electron chi connectivity index (χ2n) is 4.11. The molecular weight excluding hydrogens is 168 g/mol. The predicted octanol–water partition coefficient (Wildman–Crippen LogP) is 0.614. The van der Waals surface area contributed by atoms with Crippen LogP contribution < -0.4 is 11.1 Å². The van der Waals surface area contributed by atoms with E-state index < -0.39 is 0 Å². The van der Waals surface area contributed by atoms with Crippen LogP contribution in [0.15, 0.2) is 0 Å². The fraction of sp³-hybridized carbons (Fsp3) is 0.889. The summed E-state index contributed by atoms with van der Waals surface area (Å²) < 4.78 is 5.29. The first-order valence-corrected chi connectivity index (χ1v) is 4.91. The highest BCUT2D eigenvalue weighted by Crippen LogP contribution is 2.36. The lowest BCUT2D eigenvalue weighted by Crippen LogP contribution is -2.39. The maximum atomic E-state index is 10.9. The summed E-state index contributed by atoms with van der Waals surface area (Å²) in [5, 5.41) is 2.72. The maximum absolute atomic E-state index is 10.9. The van der Waals surface area contributed by atoms with Crippen LogP contribution in [-0.4, -0.2) is 24.8 Å². The minimum atomic E-state index is -0.258. The molecule has 0 radical (unpaired) electrons. The molecule has 0 unspecified atom stereocenters. The van der Waals surface area contributed by atoms with E-state index in [0.717, 1.165) is 32.2 Å². The molecule has 3 N–H and O–H groups in total. The van der Waals surface area contributed by atoms with Crippen LogP contribution >= 0.6 is 0 Å². The zero-order chi connectivity index (χ0) is 9.31. The highest BCUT2D eigenvalue weighted by molar-refractivity contribution is 5.70. The molecule has 2 fully saturated rings. The highest BCUT2D eigenvalue weighted by atomic mass is 16.6. The van der Waals surface area contributed by atoms with Gasteiger partial charge in [0.1, 0.15) is 5.60 Å². The molecule has 1 heterocycles. The number of hydrogen-bond acceptors (Lipinski definition) is 3. The molecule has 1 saturated carbocycles. The molecule has 0 atom stereocenters. The van der Waals surface area contributed by atoms with Crippen LogP contribution in [0.5, 0.6) is 0 Å². The van der Waals surface area contributed by atoms with Crippen LogP contribution in [0.25, 0.3) is 0 Å². The highest BCUT2D eigenvalue weighted by Gasteiger charge is 2.42. The van der Waals surface area contributed by atoms with Crippen LogP contribution in [0.2, 0.25) is 0 Å². The van der Waals surface area contributed by atoms with Crippen molar-refractivity contribution in [2.45, 2.75) is 31.3 Å². The monoisotopic (exact) mass is 184 g/mol. The summed E-state index contributed by atoms with van der Waals surface area (Å²) in [4.78, 5) is 10.9. The Morgan fingerprint density at radius 3 is 2.69 bits per heavy atom. The Morgan fingerprint density at radius 1 is 1.54 bits per heavy atom. The van der Waals surface area contributed by atoms with Crippen LogP contribution in [-0.2, 0) is 4.74 Å². The van der Waals surface area contributed by atoms with Crippen molar-refractivity contribution in [1.82, 2.24) is 5.32 Å². The second kappa shape index (κ2) is 3.18. The van der Waals surface area contributed by atoms with E-state index in [4.69, 9.17) is 10.5 Å². The Morgan fingerprint density at radius 2 is 2.23 bits per heavy atom. The van der Waals surface area contributed by atoms with E-state index in [1.165, 1.54) is 0 Å². The minimum absolute atomic E-state index is 0.192. The van der Waals surface area contributed by atoms with Gasteiger partial charge in [0.2, 0.25) is 0 Å². The number of amides is 1. The topological polar surface area (TPSA) is 64.3 Å². The van der Waals surface area contributed by atoms with Crippen LogP contribution in [0.1, 0.15) is 25.7 Å². The van der Waals surface area contributed by atoms with Crippen molar-refractivity contribution in [2.75, 3.05) is 13.1 Å². The average Bonchev–Trinajstić information content (AvgIpc) is 2.49. The molecule has 74 valence electrons. The van der Waals surface area contributed by atoms with E-state index in [1.54, 1.807) is 0 Å². The lowest BCUT2D eigenvalue weighted by Gasteiger charge is -2.34. The number of rotatable bonds is 1. The number of nitrogens with one attached hydrogen (secondary N) is 1. The van der Waals surface area contributed by atoms with E-state index in [9.17, 15) is 4.79 Å². The summed E-state index contributed by atoms with van der Waals surface area (Å²) in [7, 11) is 0. The Balaban J connectivity index is 1.93. The molecule has 1 aliphatic carbocycles. The van der Waals surface area contributed by atoms with E-state index >= 15 is 0 Å². The molecular formula is C9H16N2O2. The number of hydrogen-bond donors (Lipinski definition) is 2. The smallest absolute Gasteiger partial charge is 0.407 e. The first-order chi connectivity index (χ1) is 6.24. The van der Waals surface area contributed by atoms with Crippen molar-refractivity contribution in [1.29, 1.82) is 0 Å². The van der Waals surface area contributed by atoms with Crippen molar-refractivity contribution in [3.63, 3.8) is 0 Å². The van der Waals surface area contributed by atoms with Crippen molar-refractivity contribution >= 4 is 6.09 Å². The molecule has 0 aromatic rings. The third-order valence-corrected chi connectivity index (χ3v) is 3.21. The SMILES string of the molecule is NC[C@H]1CC[C@]2(CC1)CNC(=O)O2. The Labute approximate surface area is 77.8 Å². The van der Waals surface area contributed by atoms with Gasteiger partial charge < -0.3 is 15.8 Å². The zero-order valence-electron chi connectivity index (χ0n) is 7.71. The van der Waals surface area contributed by atoms with Crippen LogP contribution in [0.4, 0.5) is 4.79 Å². The summed E-state index contributed by atoms with van der Waals surface area (Å²) in [6.07, 6.45) is 3.85. The number of ether oxygens (including phenoxy) is 1. The number of alkyl carbamates (subject to hydrolysis) is 1. The molecule has 0 aromatic heterocycles. The molecule has 1 aliphatic heterocycles. The largest absolute Gasteiger partial charge is 0.441 e. The second-order valence-corrected chi connectivity index (χ2v) is 4.11. The van der Waals surface area contributed by atoms with Gasteiger partial charge in [0, 0.05) is 0 Å². The third-order valence-electron chi connectivity index (χ3n) is 3.21. The van der Waals surface area contributed by atoms with Crippen molar-refractivity contribution in [2.24, 2.45) is 11.7 Å². The predicted molar refractivity (Wildman–Crippen MR) is 48.2 cm³/mol. The number of nitrogens with two attached hydrogens (primary N) is 1. The Kier molecular flexibility index (Phi) is 2.15. The lowest BCUT2D eigenvalue weighted by atomic mass is 9.79. The van der Waals surface area contributed by atoms with Gasteiger partial charge >= 0.3 is 6.09 Å². The van der Waals surface area contributed by atoms with Gasteiger partial charge in [0.15, 0.2) is 0 Å². The van der Waals surface area contributed by atoms with E-state index in [1.807, 2.05) is 0 Å². The van der Waals surface area contributed by atoms with Gasteiger partial charge in [-0.15, -0.1) is 0 Å². The quantitative estimate of drug-likeness (QED) is 0.627. The summed E-state index contributed by atoms with van der Waals surface area (Å²) >= 11 is 0. The van der Waals surface area contributed by atoms with Crippen molar-refractivity contribution in [3.8, 4) is 0 Å². The molecule has 4 nitrogen and oxygen atoms in total. The first-order valence-electron chi connectivity index (χ1n) is 4.91. The molecule has 2 rings (SSSR count). The van der Waals surface area contributed by atoms with Gasteiger partial charge in [-0.05, 0) is 38.1 Å². The van der Waals surface area contributed by atoms with E-state index in [0.29, 0.717) is 12.5 Å². The number of carbonyl (C=O) groups is 1. The molecule has 1 spiro atoms. The Hall–Kier alpha value is -0.770. The third kappa shape index (κ3) is 1.63. The van der Waals surface area contributed by atoms with Gasteiger partial charge in [-0.2, -0.15) is 0 Å². The van der Waals surface area contributed by atoms with Gasteiger partial charge in [0.05, 0.1) is 6.54 Å². The molecule has 1 amide bonds. The molecule has 0 bridgehead atoms. The molecule has 4 heteroatoms. The van der Waals surface area contributed by atoms with Gasteiger partial charge in [-0.1, -0.05) is 0 Å². The summed E-state index contributed by atoms with van der Waals surface area (Å²) in [5.74, 6) is 0.630. The van der Waals surface area contributed by atoms with Crippen molar-refractivity contribution < 1.29 is 9.53 Å². The standard InChI is InChI=1S/C9H16N2O2/c10-5-7-1-3-9(4-2-7)6-11-8(12)13-9/h7H,1-6,10H2,(H,11,12)/t7-,9-. The van der Waals surface area contributed by atoms with E-state index in [-0.39, 0.29) is 11.7 Å². The normalized spacial score (nSPS) is 38.8. The van der Waals surface area contributed by atoms with Crippen LogP contribution in [0.3, 0.4) is 0 Å². The molecule has 1 saturated heterocycles. The van der Waals surface area contributed by atoms with Crippen molar-refractivity contribution in [3.05, 3.63) is 0 Å². The zero-order valence-corrected chi connectivity index (χ0v) is 7.71. The summed E-state index contributed by atoms with van der Waals surface area (Å²) in [6, 6.07) is 0. The van der Waals surface area contributed by atoms with E-state index in [2.05, 4.69) is 5.32 Å². The molecule has 0 aromatic carbocycles. The van der Waals surface area contributed by atoms with Gasteiger partial charge in [-0.3, -0.25) is 0 Å². The molecule has 13 heavy (non-hydrogen) atoms.